The molecule has 0 aliphatic carbocycles. The summed E-state index contributed by atoms with van der Waals surface area (Å²) in [4.78, 5) is 17.1. The van der Waals surface area contributed by atoms with E-state index in [1.807, 2.05) is 0 Å². The highest BCUT2D eigenvalue weighted by atomic mass is 19.1. The first-order valence-electron chi connectivity index (χ1n) is 5.18. The molecule has 0 radical (unpaired) electrons. The molecule has 0 spiro atoms. The zero-order chi connectivity index (χ0) is 14.0. The van der Waals surface area contributed by atoms with E-state index in [0.717, 1.165) is 11.8 Å². The minimum absolute atomic E-state index is 0.166. The number of halogens is 1. The quantitative estimate of drug-likeness (QED) is 0.673. The van der Waals surface area contributed by atoms with E-state index in [4.69, 9.17) is 10.5 Å². The first-order chi connectivity index (χ1) is 8.97. The molecule has 0 saturated heterocycles. The van der Waals surface area contributed by atoms with Crippen molar-refractivity contribution in [1.29, 1.82) is 0 Å². The molecule has 8 heteroatoms. The number of hydrogen-bond acceptors (Lipinski definition) is 6. The Morgan fingerprint density at radius 1 is 1.47 bits per heavy atom. The van der Waals surface area contributed by atoms with E-state index in [2.05, 4.69) is 9.97 Å². The Balaban J connectivity index is 2.45. The van der Waals surface area contributed by atoms with Gasteiger partial charge in [-0.1, -0.05) is 6.07 Å². The van der Waals surface area contributed by atoms with Crippen molar-refractivity contribution in [3.8, 4) is 11.6 Å². The SMILES string of the molecule is Cc1ccc(F)c(Oc2nc(N)ncc2[N+](=O)[O-])c1. The van der Waals surface area contributed by atoms with Crippen molar-refractivity contribution in [1.82, 2.24) is 9.97 Å². The van der Waals surface area contributed by atoms with E-state index in [1.54, 1.807) is 13.0 Å². The minimum Gasteiger partial charge on any atom is -0.430 e. The molecular weight excluding hydrogens is 255 g/mol. The smallest absolute Gasteiger partial charge is 0.349 e. The topological polar surface area (TPSA) is 104 Å². The van der Waals surface area contributed by atoms with Gasteiger partial charge in [0.2, 0.25) is 5.95 Å². The van der Waals surface area contributed by atoms with Crippen LogP contribution in [0.1, 0.15) is 5.56 Å². The molecule has 2 N–H and O–H groups in total. The largest absolute Gasteiger partial charge is 0.430 e. The molecule has 0 aliphatic rings. The number of nitrogen functional groups attached to an aromatic ring is 1. The molecule has 1 aromatic carbocycles. The summed E-state index contributed by atoms with van der Waals surface area (Å²) in [5.41, 5.74) is 5.58. The number of nitrogens with two attached hydrogens (primary N) is 1. The molecule has 1 aromatic heterocycles. The van der Waals surface area contributed by atoms with Crippen LogP contribution in [0.3, 0.4) is 0 Å². The van der Waals surface area contributed by atoms with Gasteiger partial charge < -0.3 is 10.5 Å². The molecule has 0 atom stereocenters. The number of hydrogen-bond donors (Lipinski definition) is 1. The third-order valence-electron chi connectivity index (χ3n) is 2.24. The monoisotopic (exact) mass is 264 g/mol. The third-order valence-corrected chi connectivity index (χ3v) is 2.24. The minimum atomic E-state index is -0.734. The van der Waals surface area contributed by atoms with Crippen LogP contribution in [0.5, 0.6) is 11.6 Å². The average molecular weight is 264 g/mol. The van der Waals surface area contributed by atoms with Gasteiger partial charge in [0.25, 0.3) is 0 Å². The van der Waals surface area contributed by atoms with Gasteiger partial charge in [0, 0.05) is 0 Å². The van der Waals surface area contributed by atoms with Crippen LogP contribution in [0, 0.1) is 22.9 Å². The maximum Gasteiger partial charge on any atom is 0.349 e. The number of benzene rings is 1. The summed E-state index contributed by atoms with van der Waals surface area (Å²) in [5.74, 6) is -1.42. The van der Waals surface area contributed by atoms with Gasteiger partial charge in [-0.05, 0) is 24.6 Å². The molecular formula is C11H9FN4O3. The van der Waals surface area contributed by atoms with Crippen molar-refractivity contribution in [2.24, 2.45) is 0 Å². The van der Waals surface area contributed by atoms with E-state index >= 15 is 0 Å². The number of aromatic nitrogens is 2. The summed E-state index contributed by atoms with van der Waals surface area (Å²) in [6, 6.07) is 4.14. The van der Waals surface area contributed by atoms with Crippen molar-refractivity contribution in [3.05, 3.63) is 45.9 Å². The second kappa shape index (κ2) is 4.84. The fourth-order valence-corrected chi connectivity index (χ4v) is 1.37. The molecule has 2 aromatic rings. The maximum atomic E-state index is 13.5. The molecule has 0 bridgehead atoms. The van der Waals surface area contributed by atoms with E-state index in [9.17, 15) is 14.5 Å². The second-order valence-corrected chi connectivity index (χ2v) is 3.71. The lowest BCUT2D eigenvalue weighted by Gasteiger charge is -2.07. The summed E-state index contributed by atoms with van der Waals surface area (Å²) in [5, 5.41) is 10.8. The Morgan fingerprint density at radius 2 is 2.21 bits per heavy atom. The average Bonchev–Trinajstić information content (AvgIpc) is 2.33. The lowest BCUT2D eigenvalue weighted by molar-refractivity contribution is -0.386. The van der Waals surface area contributed by atoms with Crippen molar-refractivity contribution < 1.29 is 14.1 Å². The molecule has 0 aliphatic heterocycles. The summed E-state index contributed by atoms with van der Waals surface area (Å²) < 4.78 is 18.6. The van der Waals surface area contributed by atoms with E-state index < -0.39 is 22.3 Å². The lowest BCUT2D eigenvalue weighted by atomic mass is 10.2. The predicted octanol–water partition coefficient (Wildman–Crippen LogP) is 2.21. The Morgan fingerprint density at radius 3 is 2.89 bits per heavy atom. The zero-order valence-corrected chi connectivity index (χ0v) is 9.83. The van der Waals surface area contributed by atoms with Gasteiger partial charge in [-0.2, -0.15) is 4.98 Å². The molecule has 0 amide bonds. The molecule has 0 unspecified atom stereocenters. The van der Waals surface area contributed by atoms with Crippen molar-refractivity contribution in [3.63, 3.8) is 0 Å². The summed E-state index contributed by atoms with van der Waals surface area (Å²) in [7, 11) is 0. The van der Waals surface area contributed by atoms with Crippen LogP contribution >= 0.6 is 0 Å². The molecule has 7 nitrogen and oxygen atoms in total. The molecule has 0 saturated carbocycles. The highest BCUT2D eigenvalue weighted by Gasteiger charge is 2.20. The van der Waals surface area contributed by atoms with Crippen LogP contribution in [0.15, 0.2) is 24.4 Å². The van der Waals surface area contributed by atoms with Gasteiger partial charge in [-0.15, -0.1) is 0 Å². The van der Waals surface area contributed by atoms with Gasteiger partial charge in [0.1, 0.15) is 6.20 Å². The number of aryl methyl sites for hydroxylation is 1. The molecule has 2 rings (SSSR count). The van der Waals surface area contributed by atoms with Crippen LogP contribution in [0.25, 0.3) is 0 Å². The van der Waals surface area contributed by atoms with E-state index in [0.29, 0.717) is 0 Å². The summed E-state index contributed by atoms with van der Waals surface area (Å²) in [6.07, 6.45) is 0.908. The highest BCUT2D eigenvalue weighted by molar-refractivity contribution is 5.44. The van der Waals surface area contributed by atoms with Crippen molar-refractivity contribution in [2.45, 2.75) is 6.92 Å². The van der Waals surface area contributed by atoms with Crippen LogP contribution < -0.4 is 10.5 Å². The molecule has 1 heterocycles. The maximum absolute atomic E-state index is 13.5. The molecule has 19 heavy (non-hydrogen) atoms. The first-order valence-corrected chi connectivity index (χ1v) is 5.18. The van der Waals surface area contributed by atoms with Crippen LogP contribution in [0.4, 0.5) is 16.0 Å². The van der Waals surface area contributed by atoms with Crippen LogP contribution in [0.2, 0.25) is 0 Å². The fraction of sp³-hybridized carbons (Fsp3) is 0.0909. The van der Waals surface area contributed by atoms with Crippen LogP contribution in [-0.2, 0) is 0 Å². The molecule has 98 valence electrons. The van der Waals surface area contributed by atoms with Crippen LogP contribution in [-0.4, -0.2) is 14.9 Å². The first kappa shape index (κ1) is 12.7. The third kappa shape index (κ3) is 2.73. The Labute approximate surface area is 107 Å². The Bertz CT molecular complexity index is 648. The van der Waals surface area contributed by atoms with Crippen molar-refractivity contribution in [2.75, 3.05) is 5.73 Å². The van der Waals surface area contributed by atoms with Gasteiger partial charge in [-0.3, -0.25) is 10.1 Å². The van der Waals surface area contributed by atoms with Crippen molar-refractivity contribution >= 4 is 11.6 Å². The zero-order valence-electron chi connectivity index (χ0n) is 9.83. The lowest BCUT2D eigenvalue weighted by Crippen LogP contribution is -2.02. The van der Waals surface area contributed by atoms with E-state index in [1.165, 1.54) is 12.1 Å². The summed E-state index contributed by atoms with van der Waals surface area (Å²) >= 11 is 0. The number of ether oxygens (including phenoxy) is 1. The molecule has 0 fully saturated rings. The highest BCUT2D eigenvalue weighted by Crippen LogP contribution is 2.30. The Hall–Kier alpha value is -2.77. The Kier molecular flexibility index (Phi) is 3.23. The normalized spacial score (nSPS) is 10.2. The van der Waals surface area contributed by atoms with Gasteiger partial charge >= 0.3 is 11.6 Å². The fourth-order valence-electron chi connectivity index (χ4n) is 1.37. The van der Waals surface area contributed by atoms with Gasteiger partial charge in [0.15, 0.2) is 11.6 Å². The number of rotatable bonds is 3. The van der Waals surface area contributed by atoms with E-state index in [-0.39, 0.29) is 11.7 Å². The number of anilines is 1. The predicted molar refractivity (Wildman–Crippen MR) is 64.3 cm³/mol. The standard InChI is InChI=1S/C11H9FN4O3/c1-6-2-3-7(12)9(4-6)19-10-8(16(17)18)5-14-11(13)15-10/h2-5H,1H3,(H2,13,14,15). The summed E-state index contributed by atoms with van der Waals surface area (Å²) in [6.45, 7) is 1.73. The van der Waals surface area contributed by atoms with Gasteiger partial charge in [-0.25, -0.2) is 9.37 Å². The number of nitro groups is 1. The number of nitrogens with zero attached hydrogens (tertiary/aromatic N) is 3. The van der Waals surface area contributed by atoms with Gasteiger partial charge in [0.05, 0.1) is 4.92 Å². The second-order valence-electron chi connectivity index (χ2n) is 3.71.